The summed E-state index contributed by atoms with van der Waals surface area (Å²) in [5, 5.41) is 24.6. The van der Waals surface area contributed by atoms with Crippen LogP contribution in [0.5, 0.6) is 5.75 Å². The third-order valence-corrected chi connectivity index (χ3v) is 4.54. The molecule has 2 N–H and O–H groups in total. The Labute approximate surface area is 160 Å². The molecule has 2 aromatic carbocycles. The minimum atomic E-state index is -0.961. The predicted octanol–water partition coefficient (Wildman–Crippen LogP) is 3.31. The van der Waals surface area contributed by atoms with Crippen LogP contribution in [0.1, 0.15) is 22.9 Å². The number of rotatable bonds is 3. The second-order valence-corrected chi connectivity index (χ2v) is 6.43. The molecule has 140 valence electrons. The van der Waals surface area contributed by atoms with E-state index in [1.807, 2.05) is 0 Å². The topological polar surface area (TPSA) is 104 Å². The molecule has 0 radical (unpaired) electrons. The Kier molecular flexibility index (Phi) is 4.19. The van der Waals surface area contributed by atoms with E-state index in [1.165, 1.54) is 23.1 Å². The van der Waals surface area contributed by atoms with E-state index in [1.54, 1.807) is 49.4 Å². The number of carbonyl (C=O) groups excluding carboxylic acids is 2. The summed E-state index contributed by atoms with van der Waals surface area (Å²) in [6.45, 7) is 1.67. The summed E-state index contributed by atoms with van der Waals surface area (Å²) in [6, 6.07) is 15.2. The maximum atomic E-state index is 12.8. The second kappa shape index (κ2) is 6.70. The van der Waals surface area contributed by atoms with Gasteiger partial charge in [-0.2, -0.15) is 0 Å². The Hall–Kier alpha value is -3.87. The Morgan fingerprint density at radius 2 is 1.82 bits per heavy atom. The minimum absolute atomic E-state index is 0.0286. The summed E-state index contributed by atoms with van der Waals surface area (Å²) in [5.41, 5.74) is 0.779. The fraction of sp³-hybridized carbons (Fsp3) is 0.0952. The van der Waals surface area contributed by atoms with Gasteiger partial charge in [-0.25, -0.2) is 0 Å². The van der Waals surface area contributed by atoms with E-state index in [9.17, 15) is 19.8 Å². The van der Waals surface area contributed by atoms with Crippen molar-refractivity contribution < 1.29 is 24.3 Å². The number of carbonyl (C=O) groups is 2. The molecule has 0 saturated carbocycles. The Balaban J connectivity index is 1.96. The van der Waals surface area contributed by atoms with Crippen LogP contribution < -0.4 is 4.90 Å². The van der Waals surface area contributed by atoms with Gasteiger partial charge in [0.05, 0.1) is 11.6 Å². The molecule has 1 aliphatic rings. The number of ketones is 1. The summed E-state index contributed by atoms with van der Waals surface area (Å²) < 4.78 is 5.07. The summed E-state index contributed by atoms with van der Waals surface area (Å²) in [7, 11) is 0. The summed E-state index contributed by atoms with van der Waals surface area (Å²) in [4.78, 5) is 26.8. The highest BCUT2D eigenvalue weighted by atomic mass is 16.5. The summed E-state index contributed by atoms with van der Waals surface area (Å²) in [6.07, 6.45) is 0. The fourth-order valence-electron chi connectivity index (χ4n) is 3.30. The monoisotopic (exact) mass is 376 g/mol. The lowest BCUT2D eigenvalue weighted by Crippen LogP contribution is -2.29. The lowest BCUT2D eigenvalue weighted by molar-refractivity contribution is -0.132. The number of aliphatic hydroxyl groups is 1. The van der Waals surface area contributed by atoms with Crippen molar-refractivity contribution in [2.45, 2.75) is 13.0 Å². The van der Waals surface area contributed by atoms with E-state index in [2.05, 4.69) is 5.16 Å². The Morgan fingerprint density at radius 1 is 1.07 bits per heavy atom. The van der Waals surface area contributed by atoms with E-state index in [0.717, 1.165) is 0 Å². The zero-order chi connectivity index (χ0) is 19.8. The molecule has 0 spiro atoms. The molecule has 0 unspecified atom stereocenters. The van der Waals surface area contributed by atoms with Gasteiger partial charge >= 0.3 is 5.91 Å². The molecule has 1 saturated heterocycles. The van der Waals surface area contributed by atoms with Crippen molar-refractivity contribution in [2.75, 3.05) is 4.90 Å². The van der Waals surface area contributed by atoms with Crippen LogP contribution in [0.2, 0.25) is 0 Å². The number of anilines is 1. The SMILES string of the molecule is Cc1cc(N2C(=O)C(=O)C(=C(O)c3ccccc3)[C@H]2c2cccc(O)c2)no1. The zero-order valence-electron chi connectivity index (χ0n) is 14.9. The third kappa shape index (κ3) is 2.83. The second-order valence-electron chi connectivity index (χ2n) is 6.43. The number of hydrogen-bond acceptors (Lipinski definition) is 6. The van der Waals surface area contributed by atoms with Gasteiger partial charge in [-0.15, -0.1) is 0 Å². The van der Waals surface area contributed by atoms with Gasteiger partial charge in [0.2, 0.25) is 0 Å². The van der Waals surface area contributed by atoms with Gasteiger partial charge < -0.3 is 14.7 Å². The Morgan fingerprint density at radius 3 is 2.46 bits per heavy atom. The molecular weight excluding hydrogens is 360 g/mol. The summed E-state index contributed by atoms with van der Waals surface area (Å²) >= 11 is 0. The van der Waals surface area contributed by atoms with Crippen LogP contribution in [0.4, 0.5) is 5.82 Å². The third-order valence-electron chi connectivity index (χ3n) is 4.54. The van der Waals surface area contributed by atoms with Crippen LogP contribution in [0, 0.1) is 6.92 Å². The molecule has 3 aromatic rings. The highest BCUT2D eigenvalue weighted by Crippen LogP contribution is 2.42. The molecule has 0 bridgehead atoms. The van der Waals surface area contributed by atoms with Crippen LogP contribution in [0.3, 0.4) is 0 Å². The molecule has 0 aliphatic carbocycles. The lowest BCUT2D eigenvalue weighted by atomic mass is 9.95. The molecule has 2 heterocycles. The highest BCUT2D eigenvalue weighted by molar-refractivity contribution is 6.51. The van der Waals surface area contributed by atoms with E-state index in [-0.39, 0.29) is 22.9 Å². The van der Waals surface area contributed by atoms with E-state index in [0.29, 0.717) is 16.9 Å². The standard InChI is InChI=1S/C21H16N2O5/c1-12-10-16(22-28-12)23-18(14-8-5-9-15(24)11-14)17(20(26)21(23)27)19(25)13-6-3-2-4-7-13/h2-11,18,24-25H,1H3/t18-/m1/s1. The number of nitrogens with zero attached hydrogens (tertiary/aromatic N) is 2. The first-order valence-corrected chi connectivity index (χ1v) is 8.56. The van der Waals surface area contributed by atoms with E-state index >= 15 is 0 Å². The molecule has 1 aliphatic heterocycles. The molecule has 4 rings (SSSR count). The Bertz CT molecular complexity index is 1100. The smallest absolute Gasteiger partial charge is 0.301 e. The molecule has 28 heavy (non-hydrogen) atoms. The highest BCUT2D eigenvalue weighted by Gasteiger charge is 2.48. The number of phenols is 1. The van der Waals surface area contributed by atoms with E-state index in [4.69, 9.17) is 4.52 Å². The summed E-state index contributed by atoms with van der Waals surface area (Å²) in [5.74, 6) is -1.38. The molecular formula is C21H16N2O5. The number of amides is 1. The molecule has 1 aromatic heterocycles. The first-order valence-electron chi connectivity index (χ1n) is 8.56. The van der Waals surface area contributed by atoms with Crippen molar-refractivity contribution in [1.29, 1.82) is 0 Å². The predicted molar refractivity (Wildman–Crippen MR) is 101 cm³/mol. The fourth-order valence-corrected chi connectivity index (χ4v) is 3.30. The van der Waals surface area contributed by atoms with Crippen molar-refractivity contribution in [1.82, 2.24) is 5.16 Å². The average molecular weight is 376 g/mol. The van der Waals surface area contributed by atoms with Crippen molar-refractivity contribution in [3.05, 3.63) is 83.1 Å². The van der Waals surface area contributed by atoms with Gasteiger partial charge in [-0.05, 0) is 24.6 Å². The van der Waals surface area contributed by atoms with Crippen LogP contribution in [-0.4, -0.2) is 27.1 Å². The number of aromatic hydroxyl groups is 1. The van der Waals surface area contributed by atoms with Crippen LogP contribution in [-0.2, 0) is 9.59 Å². The maximum Gasteiger partial charge on any atom is 0.301 e. The first kappa shape index (κ1) is 17.5. The number of aromatic nitrogens is 1. The first-order chi connectivity index (χ1) is 13.5. The zero-order valence-corrected chi connectivity index (χ0v) is 14.9. The number of aryl methyl sites for hydroxylation is 1. The van der Waals surface area contributed by atoms with Crippen LogP contribution in [0.15, 0.2) is 70.8 Å². The largest absolute Gasteiger partial charge is 0.508 e. The van der Waals surface area contributed by atoms with Crippen molar-refractivity contribution in [3.8, 4) is 5.75 Å². The molecule has 7 nitrogen and oxygen atoms in total. The number of benzene rings is 2. The molecule has 1 amide bonds. The number of aliphatic hydroxyl groups excluding tert-OH is 1. The maximum absolute atomic E-state index is 12.8. The molecule has 1 fully saturated rings. The normalized spacial score (nSPS) is 18.6. The number of hydrogen-bond donors (Lipinski definition) is 2. The van der Waals surface area contributed by atoms with Crippen LogP contribution >= 0.6 is 0 Å². The number of Topliss-reactive ketones (excluding diaryl/α,β-unsaturated/α-hetero) is 1. The van der Waals surface area contributed by atoms with Gasteiger partial charge in [-0.1, -0.05) is 47.6 Å². The number of phenolic OH excluding ortho intramolecular Hbond substituents is 1. The van der Waals surface area contributed by atoms with Crippen molar-refractivity contribution in [2.24, 2.45) is 0 Å². The average Bonchev–Trinajstić information content (AvgIpc) is 3.23. The quantitative estimate of drug-likeness (QED) is 0.413. The van der Waals surface area contributed by atoms with Crippen molar-refractivity contribution >= 4 is 23.3 Å². The lowest BCUT2D eigenvalue weighted by Gasteiger charge is -2.22. The van der Waals surface area contributed by atoms with Gasteiger partial charge in [0, 0.05) is 11.6 Å². The van der Waals surface area contributed by atoms with Gasteiger partial charge in [0.15, 0.2) is 5.82 Å². The van der Waals surface area contributed by atoms with Gasteiger partial charge in [0.1, 0.15) is 17.3 Å². The van der Waals surface area contributed by atoms with Gasteiger partial charge in [0.25, 0.3) is 5.78 Å². The molecule has 7 heteroatoms. The van der Waals surface area contributed by atoms with Gasteiger partial charge in [-0.3, -0.25) is 14.5 Å². The molecule has 1 atom stereocenters. The van der Waals surface area contributed by atoms with Crippen molar-refractivity contribution in [3.63, 3.8) is 0 Å². The van der Waals surface area contributed by atoms with Crippen LogP contribution in [0.25, 0.3) is 5.76 Å². The minimum Gasteiger partial charge on any atom is -0.508 e. The van der Waals surface area contributed by atoms with E-state index < -0.39 is 17.7 Å².